The zero-order valence-corrected chi connectivity index (χ0v) is 11.7. The molecule has 2 rings (SSSR count). The van der Waals surface area contributed by atoms with E-state index in [-0.39, 0.29) is 10.0 Å². The van der Waals surface area contributed by atoms with Crippen LogP contribution in [0.5, 0.6) is 0 Å². The average molecular weight is 329 g/mol. The van der Waals surface area contributed by atoms with Crippen LogP contribution in [0.3, 0.4) is 0 Å². The minimum absolute atomic E-state index is 0.126. The van der Waals surface area contributed by atoms with Gasteiger partial charge in [0.1, 0.15) is 4.47 Å². The van der Waals surface area contributed by atoms with Crippen molar-refractivity contribution in [1.29, 1.82) is 0 Å². The second kappa shape index (κ2) is 5.21. The third-order valence-electron chi connectivity index (χ3n) is 2.72. The van der Waals surface area contributed by atoms with E-state index in [0.29, 0.717) is 5.69 Å². The highest BCUT2D eigenvalue weighted by atomic mass is 79.9. The molecule has 0 spiro atoms. The molecule has 0 aliphatic heterocycles. The fourth-order valence-corrected chi connectivity index (χ4v) is 1.98. The van der Waals surface area contributed by atoms with E-state index in [9.17, 15) is 13.6 Å². The number of rotatable bonds is 3. The summed E-state index contributed by atoms with van der Waals surface area (Å²) in [5.41, 5.74) is -0.161. The lowest BCUT2D eigenvalue weighted by Gasteiger charge is -2.18. The smallest absolute Gasteiger partial charge is 0.290 e. The van der Waals surface area contributed by atoms with E-state index in [1.54, 1.807) is 13.0 Å². The van der Waals surface area contributed by atoms with Gasteiger partial charge in [-0.05, 0) is 22.9 Å². The van der Waals surface area contributed by atoms with Crippen molar-refractivity contribution < 1.29 is 8.78 Å². The number of aromatic nitrogens is 2. The summed E-state index contributed by atoms with van der Waals surface area (Å²) in [7, 11) is 0. The molecule has 0 fully saturated rings. The lowest BCUT2D eigenvalue weighted by molar-refractivity contribution is -0.0235. The van der Waals surface area contributed by atoms with Gasteiger partial charge in [-0.3, -0.25) is 9.36 Å². The number of benzene rings is 1. The molecule has 0 N–H and O–H groups in total. The van der Waals surface area contributed by atoms with Crippen molar-refractivity contribution in [2.24, 2.45) is 0 Å². The number of nitrogens with zero attached hydrogens (tertiary/aromatic N) is 2. The van der Waals surface area contributed by atoms with Crippen molar-refractivity contribution in [3.63, 3.8) is 0 Å². The number of hydrogen-bond acceptors (Lipinski definition) is 2. The van der Waals surface area contributed by atoms with Gasteiger partial charge in [0, 0.05) is 5.56 Å². The second-order valence-corrected chi connectivity index (χ2v) is 4.94. The Morgan fingerprint density at radius 2 is 1.95 bits per heavy atom. The van der Waals surface area contributed by atoms with Crippen LogP contribution in [0.1, 0.15) is 11.3 Å². The van der Waals surface area contributed by atoms with Crippen LogP contribution in [-0.4, -0.2) is 9.55 Å². The molecule has 0 saturated carbocycles. The first-order valence-corrected chi connectivity index (χ1v) is 6.36. The normalized spacial score (nSPS) is 11.6. The van der Waals surface area contributed by atoms with Gasteiger partial charge < -0.3 is 0 Å². The Bertz CT molecular complexity index is 641. The quantitative estimate of drug-likeness (QED) is 0.867. The van der Waals surface area contributed by atoms with E-state index in [1.807, 2.05) is 0 Å². The van der Waals surface area contributed by atoms with E-state index < -0.39 is 18.0 Å². The van der Waals surface area contributed by atoms with Crippen LogP contribution in [0.2, 0.25) is 0 Å². The molecule has 6 heteroatoms. The largest absolute Gasteiger partial charge is 0.292 e. The molecule has 2 aromatic rings. The topological polar surface area (TPSA) is 34.9 Å². The maximum atomic E-state index is 14.1. The summed E-state index contributed by atoms with van der Waals surface area (Å²) in [6, 6.07) is 7.41. The van der Waals surface area contributed by atoms with Gasteiger partial charge in [-0.15, -0.1) is 0 Å². The average Bonchev–Trinajstić information content (AvgIpc) is 2.40. The predicted molar refractivity (Wildman–Crippen MR) is 71.3 cm³/mol. The third kappa shape index (κ3) is 2.89. The van der Waals surface area contributed by atoms with Crippen molar-refractivity contribution in [2.75, 3.05) is 0 Å². The van der Waals surface area contributed by atoms with Crippen LogP contribution in [0.15, 0.2) is 45.9 Å². The minimum atomic E-state index is -3.12. The Morgan fingerprint density at radius 1 is 1.32 bits per heavy atom. The van der Waals surface area contributed by atoms with Crippen LogP contribution in [-0.2, 0) is 12.5 Å². The number of aryl methyl sites for hydroxylation is 1. The fraction of sp³-hybridized carbons (Fsp3) is 0.231. The Hall–Kier alpha value is -1.56. The van der Waals surface area contributed by atoms with Crippen LogP contribution in [0.4, 0.5) is 8.78 Å². The summed E-state index contributed by atoms with van der Waals surface area (Å²) in [4.78, 5) is 15.7. The lowest BCUT2D eigenvalue weighted by Crippen LogP contribution is -2.30. The van der Waals surface area contributed by atoms with Gasteiger partial charge in [0.2, 0.25) is 0 Å². The highest BCUT2D eigenvalue weighted by Crippen LogP contribution is 2.29. The molecule has 0 bridgehead atoms. The summed E-state index contributed by atoms with van der Waals surface area (Å²) < 4.78 is 29.2. The molecule has 0 saturated heterocycles. The van der Waals surface area contributed by atoms with Crippen molar-refractivity contribution in [1.82, 2.24) is 9.55 Å². The van der Waals surface area contributed by atoms with E-state index >= 15 is 0 Å². The van der Waals surface area contributed by atoms with Crippen LogP contribution >= 0.6 is 15.9 Å². The van der Waals surface area contributed by atoms with Gasteiger partial charge in [0.15, 0.2) is 0 Å². The summed E-state index contributed by atoms with van der Waals surface area (Å²) in [6.45, 7) is 0.896. The molecule has 100 valence electrons. The van der Waals surface area contributed by atoms with Gasteiger partial charge in [-0.25, -0.2) is 4.98 Å². The molecular weight excluding hydrogens is 318 g/mol. The Balaban J connectivity index is 2.36. The molecule has 3 nitrogen and oxygen atoms in total. The van der Waals surface area contributed by atoms with Crippen molar-refractivity contribution in [3.8, 4) is 0 Å². The molecule has 0 amide bonds. The van der Waals surface area contributed by atoms with Crippen molar-refractivity contribution in [3.05, 3.63) is 62.7 Å². The SMILES string of the molecule is Cc1ncn(CC(F)(F)c2ccccc2)c(=O)c1Br. The first-order valence-electron chi connectivity index (χ1n) is 5.57. The number of alkyl halides is 2. The Labute approximate surface area is 117 Å². The molecule has 0 atom stereocenters. The zero-order valence-electron chi connectivity index (χ0n) is 10.1. The van der Waals surface area contributed by atoms with Gasteiger partial charge >= 0.3 is 0 Å². The molecule has 1 aromatic carbocycles. The first kappa shape index (κ1) is 13.9. The molecule has 0 aliphatic carbocycles. The standard InChI is InChI=1S/C13H11BrF2N2O/c1-9-11(14)12(19)18(8-17-9)7-13(15,16)10-5-3-2-4-6-10/h2-6,8H,7H2,1H3. The summed E-state index contributed by atoms with van der Waals surface area (Å²) >= 11 is 3.05. The van der Waals surface area contributed by atoms with Gasteiger partial charge in [-0.1, -0.05) is 30.3 Å². The highest BCUT2D eigenvalue weighted by Gasteiger charge is 2.32. The Morgan fingerprint density at radius 3 is 2.58 bits per heavy atom. The zero-order chi connectivity index (χ0) is 14.0. The minimum Gasteiger partial charge on any atom is -0.292 e. The van der Waals surface area contributed by atoms with E-state index in [4.69, 9.17) is 0 Å². The van der Waals surface area contributed by atoms with E-state index in [2.05, 4.69) is 20.9 Å². The second-order valence-electron chi connectivity index (χ2n) is 4.15. The summed E-state index contributed by atoms with van der Waals surface area (Å²) in [5.74, 6) is -3.12. The Kier molecular flexibility index (Phi) is 3.80. The van der Waals surface area contributed by atoms with Gasteiger partial charge in [0.25, 0.3) is 11.5 Å². The molecule has 0 unspecified atom stereocenters. The van der Waals surface area contributed by atoms with Crippen LogP contribution in [0.25, 0.3) is 0 Å². The molecule has 1 aromatic heterocycles. The predicted octanol–water partition coefficient (Wildman–Crippen LogP) is 3.11. The van der Waals surface area contributed by atoms with Crippen molar-refractivity contribution in [2.45, 2.75) is 19.4 Å². The van der Waals surface area contributed by atoms with Crippen molar-refractivity contribution >= 4 is 15.9 Å². The van der Waals surface area contributed by atoms with Gasteiger partial charge in [0.05, 0.1) is 18.6 Å². The number of hydrogen-bond donors (Lipinski definition) is 0. The molecular formula is C13H11BrF2N2O. The lowest BCUT2D eigenvalue weighted by atomic mass is 10.1. The summed E-state index contributed by atoms with van der Waals surface area (Å²) in [5, 5.41) is 0. The highest BCUT2D eigenvalue weighted by molar-refractivity contribution is 9.10. The maximum Gasteiger partial charge on any atom is 0.290 e. The monoisotopic (exact) mass is 328 g/mol. The maximum absolute atomic E-state index is 14.1. The molecule has 0 aliphatic rings. The first-order chi connectivity index (χ1) is 8.92. The fourth-order valence-electron chi connectivity index (χ4n) is 1.65. The molecule has 1 heterocycles. The molecule has 0 radical (unpaired) electrons. The van der Waals surface area contributed by atoms with Crippen LogP contribution < -0.4 is 5.56 Å². The van der Waals surface area contributed by atoms with Gasteiger partial charge in [-0.2, -0.15) is 8.78 Å². The summed E-state index contributed by atoms with van der Waals surface area (Å²) in [6.07, 6.45) is 1.14. The third-order valence-corrected chi connectivity index (χ3v) is 3.64. The van der Waals surface area contributed by atoms with Crippen LogP contribution in [0, 0.1) is 6.92 Å². The number of halogens is 3. The van der Waals surface area contributed by atoms with E-state index in [0.717, 1.165) is 10.9 Å². The van der Waals surface area contributed by atoms with E-state index in [1.165, 1.54) is 24.3 Å². The molecule has 19 heavy (non-hydrogen) atoms.